The van der Waals surface area contributed by atoms with Gasteiger partial charge < -0.3 is 9.84 Å². The minimum absolute atomic E-state index is 0.265. The molecule has 0 saturated carbocycles. The maximum atomic E-state index is 15.1. The topological polar surface area (TPSA) is 59.4 Å². The number of ether oxygens (including phenoxy) is 1. The van der Waals surface area contributed by atoms with Gasteiger partial charge >= 0.3 is 5.97 Å². The quantitative estimate of drug-likeness (QED) is 0.563. The molecule has 1 aromatic heterocycles. The monoisotopic (exact) mass is 417 g/mol. The molecule has 0 spiro atoms. The number of carbonyl (C=O) groups is 1. The van der Waals surface area contributed by atoms with Crippen LogP contribution in [0.2, 0.25) is 0 Å². The molecule has 5 heteroatoms. The number of fused-ring (bicyclic) bond motifs is 1. The SMILES string of the molecule is COc1cc(-c2ccc(C3=Cc4cc(C[C@@H](C)C(=O)O)ccc4CC3)c(F)c2)ccn1. The zero-order valence-corrected chi connectivity index (χ0v) is 17.6. The fourth-order valence-electron chi connectivity index (χ4n) is 3.97. The van der Waals surface area contributed by atoms with Gasteiger partial charge in [0.1, 0.15) is 5.82 Å². The van der Waals surface area contributed by atoms with Crippen LogP contribution in [0.15, 0.2) is 54.7 Å². The predicted molar refractivity (Wildman–Crippen MR) is 119 cm³/mol. The van der Waals surface area contributed by atoms with Gasteiger partial charge in [0.2, 0.25) is 5.88 Å². The van der Waals surface area contributed by atoms with Crippen LogP contribution in [-0.2, 0) is 17.6 Å². The van der Waals surface area contributed by atoms with Crippen LogP contribution in [0.5, 0.6) is 5.88 Å². The van der Waals surface area contributed by atoms with Crippen molar-refractivity contribution in [3.8, 4) is 17.0 Å². The first kappa shape index (κ1) is 20.8. The Labute approximate surface area is 181 Å². The van der Waals surface area contributed by atoms with E-state index in [-0.39, 0.29) is 5.82 Å². The zero-order chi connectivity index (χ0) is 22.0. The lowest BCUT2D eigenvalue weighted by atomic mass is 9.86. The maximum absolute atomic E-state index is 15.1. The molecular weight excluding hydrogens is 393 g/mol. The average molecular weight is 417 g/mol. The second-order valence-electron chi connectivity index (χ2n) is 7.93. The van der Waals surface area contributed by atoms with Gasteiger partial charge in [-0.3, -0.25) is 4.79 Å². The summed E-state index contributed by atoms with van der Waals surface area (Å²) in [7, 11) is 1.55. The van der Waals surface area contributed by atoms with Gasteiger partial charge in [0.25, 0.3) is 0 Å². The molecule has 0 unspecified atom stereocenters. The van der Waals surface area contributed by atoms with Crippen molar-refractivity contribution in [1.82, 2.24) is 4.98 Å². The van der Waals surface area contributed by atoms with E-state index in [1.165, 1.54) is 5.56 Å². The highest BCUT2D eigenvalue weighted by Gasteiger charge is 2.17. The summed E-state index contributed by atoms with van der Waals surface area (Å²) in [5.74, 6) is -1.02. The first-order chi connectivity index (χ1) is 14.9. The zero-order valence-electron chi connectivity index (χ0n) is 17.6. The molecule has 1 aliphatic rings. The number of carboxylic acids is 1. The van der Waals surface area contributed by atoms with Gasteiger partial charge in [0.05, 0.1) is 13.0 Å². The average Bonchev–Trinajstić information content (AvgIpc) is 2.78. The minimum Gasteiger partial charge on any atom is -0.481 e. The molecule has 1 heterocycles. The molecule has 0 saturated heterocycles. The lowest BCUT2D eigenvalue weighted by molar-refractivity contribution is -0.141. The predicted octanol–water partition coefficient (Wildman–Crippen LogP) is 5.65. The number of benzene rings is 2. The second-order valence-corrected chi connectivity index (χ2v) is 7.93. The highest BCUT2D eigenvalue weighted by atomic mass is 19.1. The molecule has 3 aromatic rings. The van der Waals surface area contributed by atoms with E-state index in [0.29, 0.717) is 17.9 Å². The highest BCUT2D eigenvalue weighted by molar-refractivity contribution is 5.85. The molecule has 4 rings (SSSR count). The molecular formula is C26H24FNO3. The molecule has 158 valence electrons. The number of aryl methyl sites for hydroxylation is 1. The van der Waals surface area contributed by atoms with E-state index in [1.54, 1.807) is 32.4 Å². The van der Waals surface area contributed by atoms with Crippen molar-refractivity contribution in [2.45, 2.75) is 26.2 Å². The Morgan fingerprint density at radius 3 is 2.68 bits per heavy atom. The van der Waals surface area contributed by atoms with Gasteiger partial charge in [-0.1, -0.05) is 43.3 Å². The number of pyridine rings is 1. The third-order valence-electron chi connectivity index (χ3n) is 5.76. The van der Waals surface area contributed by atoms with Crippen molar-refractivity contribution in [3.05, 3.63) is 82.8 Å². The summed E-state index contributed by atoms with van der Waals surface area (Å²) in [6.45, 7) is 1.71. The number of hydrogen-bond acceptors (Lipinski definition) is 3. The smallest absolute Gasteiger partial charge is 0.306 e. The largest absolute Gasteiger partial charge is 0.481 e. The van der Waals surface area contributed by atoms with Crippen LogP contribution in [0, 0.1) is 11.7 Å². The summed E-state index contributed by atoms with van der Waals surface area (Å²) in [6.07, 6.45) is 5.74. The number of rotatable bonds is 6. The molecule has 1 atom stereocenters. The third-order valence-corrected chi connectivity index (χ3v) is 5.76. The van der Waals surface area contributed by atoms with Gasteiger partial charge in [-0.25, -0.2) is 9.37 Å². The summed E-state index contributed by atoms with van der Waals surface area (Å²) in [5.41, 5.74) is 6.39. The van der Waals surface area contributed by atoms with Crippen LogP contribution in [-0.4, -0.2) is 23.2 Å². The Morgan fingerprint density at radius 2 is 1.94 bits per heavy atom. The number of aliphatic carboxylic acids is 1. The number of aromatic nitrogens is 1. The van der Waals surface area contributed by atoms with E-state index in [2.05, 4.69) is 11.1 Å². The van der Waals surface area contributed by atoms with E-state index in [0.717, 1.165) is 40.7 Å². The second kappa shape index (κ2) is 8.72. The van der Waals surface area contributed by atoms with Crippen LogP contribution >= 0.6 is 0 Å². The molecule has 2 aromatic carbocycles. The van der Waals surface area contributed by atoms with Gasteiger partial charge in [-0.15, -0.1) is 0 Å². The molecule has 0 radical (unpaired) electrons. The highest BCUT2D eigenvalue weighted by Crippen LogP contribution is 2.34. The fourth-order valence-corrected chi connectivity index (χ4v) is 3.97. The summed E-state index contributed by atoms with van der Waals surface area (Å²) in [5, 5.41) is 9.17. The van der Waals surface area contributed by atoms with Gasteiger partial charge in [-0.2, -0.15) is 0 Å². The molecule has 1 N–H and O–H groups in total. The normalized spacial score (nSPS) is 13.8. The first-order valence-corrected chi connectivity index (χ1v) is 10.3. The third kappa shape index (κ3) is 4.50. The molecule has 0 bridgehead atoms. The molecule has 31 heavy (non-hydrogen) atoms. The van der Waals surface area contributed by atoms with Crippen LogP contribution < -0.4 is 4.74 Å². The van der Waals surface area contributed by atoms with Crippen LogP contribution in [0.4, 0.5) is 4.39 Å². The lowest BCUT2D eigenvalue weighted by Gasteiger charge is -2.19. The molecule has 0 aliphatic heterocycles. The standard InChI is InChI=1S/C26H24FNO3/c1-16(26(29)30)11-17-3-4-18-5-6-21(13-22(18)12-17)23-8-7-19(14-24(23)27)20-9-10-28-25(15-20)31-2/h3-4,7-10,12-16H,5-6,11H2,1-2H3,(H,29,30)/t16-/m1/s1. The van der Waals surface area contributed by atoms with Crippen LogP contribution in [0.1, 0.15) is 35.6 Å². The maximum Gasteiger partial charge on any atom is 0.306 e. The van der Waals surface area contributed by atoms with Crippen molar-refractivity contribution < 1.29 is 19.0 Å². The molecule has 4 nitrogen and oxygen atoms in total. The van der Waals surface area contributed by atoms with E-state index < -0.39 is 11.9 Å². The van der Waals surface area contributed by atoms with Gasteiger partial charge in [-0.05, 0) is 64.8 Å². The minimum atomic E-state index is -0.803. The van der Waals surface area contributed by atoms with Gasteiger partial charge in [0, 0.05) is 17.8 Å². The summed E-state index contributed by atoms with van der Waals surface area (Å²) >= 11 is 0. The first-order valence-electron chi connectivity index (χ1n) is 10.3. The Hall–Kier alpha value is -3.47. The summed E-state index contributed by atoms with van der Waals surface area (Å²) < 4.78 is 20.2. The molecule has 0 fully saturated rings. The number of allylic oxidation sites excluding steroid dienone is 1. The van der Waals surface area contributed by atoms with E-state index in [9.17, 15) is 9.90 Å². The van der Waals surface area contributed by atoms with E-state index in [4.69, 9.17) is 4.74 Å². The number of halogens is 1. The fraction of sp³-hybridized carbons (Fsp3) is 0.231. The van der Waals surface area contributed by atoms with Crippen molar-refractivity contribution in [3.63, 3.8) is 0 Å². The number of nitrogens with zero attached hydrogens (tertiary/aromatic N) is 1. The Balaban J connectivity index is 1.63. The lowest BCUT2D eigenvalue weighted by Crippen LogP contribution is -2.12. The summed E-state index contributed by atoms with van der Waals surface area (Å²) in [6, 6.07) is 15.0. The molecule has 1 aliphatic carbocycles. The Morgan fingerprint density at radius 1 is 1.13 bits per heavy atom. The van der Waals surface area contributed by atoms with Gasteiger partial charge in [0.15, 0.2) is 0 Å². The Kier molecular flexibility index (Phi) is 5.85. The van der Waals surface area contributed by atoms with Crippen molar-refractivity contribution in [2.24, 2.45) is 5.92 Å². The summed E-state index contributed by atoms with van der Waals surface area (Å²) in [4.78, 5) is 15.3. The van der Waals surface area contributed by atoms with Crippen molar-refractivity contribution in [1.29, 1.82) is 0 Å². The van der Waals surface area contributed by atoms with Crippen LogP contribution in [0.25, 0.3) is 22.8 Å². The van der Waals surface area contributed by atoms with Crippen LogP contribution in [0.3, 0.4) is 0 Å². The number of carboxylic acid groups (broad SMARTS) is 1. The van der Waals surface area contributed by atoms with Crippen molar-refractivity contribution >= 4 is 17.6 Å². The number of hydrogen-bond donors (Lipinski definition) is 1. The van der Waals surface area contributed by atoms with E-state index in [1.807, 2.05) is 36.4 Å². The molecule has 0 amide bonds. The Bertz CT molecular complexity index is 1170. The van der Waals surface area contributed by atoms with E-state index >= 15 is 4.39 Å². The number of methoxy groups -OCH3 is 1. The van der Waals surface area contributed by atoms with Crippen molar-refractivity contribution in [2.75, 3.05) is 7.11 Å².